The zero-order valence-electron chi connectivity index (χ0n) is 10.5. The molecule has 0 radical (unpaired) electrons. The van der Waals surface area contributed by atoms with E-state index in [9.17, 15) is 4.79 Å². The van der Waals surface area contributed by atoms with Gasteiger partial charge in [0.1, 0.15) is 5.75 Å². The number of benzene rings is 1. The molecule has 2 nitrogen and oxygen atoms in total. The van der Waals surface area contributed by atoms with Gasteiger partial charge in [-0.05, 0) is 65.2 Å². The number of hydrogen-bond donors (Lipinski definition) is 0. The van der Waals surface area contributed by atoms with Crippen molar-refractivity contribution in [3.8, 4) is 5.75 Å². The molecule has 18 heavy (non-hydrogen) atoms. The van der Waals surface area contributed by atoms with Gasteiger partial charge in [0, 0.05) is 11.5 Å². The molecule has 2 saturated carbocycles. The van der Waals surface area contributed by atoms with Crippen molar-refractivity contribution >= 4 is 21.7 Å². The van der Waals surface area contributed by atoms with Crippen molar-refractivity contribution < 1.29 is 9.53 Å². The number of methoxy groups -OCH3 is 1. The lowest BCUT2D eigenvalue weighted by molar-refractivity contribution is 0.0874. The van der Waals surface area contributed by atoms with Crippen molar-refractivity contribution in [1.82, 2.24) is 0 Å². The summed E-state index contributed by atoms with van der Waals surface area (Å²) in [6, 6.07) is 5.65. The van der Waals surface area contributed by atoms with Gasteiger partial charge in [-0.2, -0.15) is 0 Å². The number of carbonyl (C=O) groups excluding carboxylic acids is 1. The molecular weight excluding hydrogens is 292 g/mol. The molecule has 1 aromatic carbocycles. The van der Waals surface area contributed by atoms with Gasteiger partial charge in [-0.15, -0.1) is 0 Å². The highest BCUT2D eigenvalue weighted by atomic mass is 79.9. The highest BCUT2D eigenvalue weighted by Gasteiger charge is 2.43. The molecule has 2 bridgehead atoms. The Morgan fingerprint density at radius 3 is 2.72 bits per heavy atom. The summed E-state index contributed by atoms with van der Waals surface area (Å²) < 4.78 is 6.06. The number of Topliss-reactive ketones (excluding diaryl/α,β-unsaturated/α-hetero) is 1. The zero-order valence-corrected chi connectivity index (χ0v) is 12.1. The molecule has 0 spiro atoms. The molecule has 1 aromatic rings. The second kappa shape index (κ2) is 4.69. The summed E-state index contributed by atoms with van der Waals surface area (Å²) in [6.45, 7) is 0. The summed E-state index contributed by atoms with van der Waals surface area (Å²) in [4.78, 5) is 12.5. The minimum Gasteiger partial charge on any atom is -0.496 e. The third-order valence-electron chi connectivity index (χ3n) is 4.51. The lowest BCUT2D eigenvalue weighted by Crippen LogP contribution is -2.21. The molecular formula is C15H17BrO2. The van der Waals surface area contributed by atoms with E-state index in [4.69, 9.17) is 4.74 Å². The molecule has 0 saturated heterocycles. The van der Waals surface area contributed by atoms with Crippen molar-refractivity contribution in [3.63, 3.8) is 0 Å². The summed E-state index contributed by atoms with van der Waals surface area (Å²) in [5.41, 5.74) is 0.820. The number of hydrogen-bond acceptors (Lipinski definition) is 2. The molecule has 3 atom stereocenters. The second-order valence-corrected chi connectivity index (χ2v) is 6.35. The Bertz CT molecular complexity index is 483. The Morgan fingerprint density at radius 2 is 2.17 bits per heavy atom. The molecule has 3 unspecified atom stereocenters. The first-order valence-corrected chi connectivity index (χ1v) is 7.36. The molecule has 3 heteroatoms. The number of carbonyl (C=O) groups is 1. The lowest BCUT2D eigenvalue weighted by Gasteiger charge is -2.20. The van der Waals surface area contributed by atoms with Crippen LogP contribution in [0, 0.1) is 17.8 Å². The predicted molar refractivity (Wildman–Crippen MR) is 74.0 cm³/mol. The van der Waals surface area contributed by atoms with Gasteiger partial charge in [-0.25, -0.2) is 0 Å². The number of halogens is 1. The smallest absolute Gasteiger partial charge is 0.166 e. The first-order valence-electron chi connectivity index (χ1n) is 6.57. The average Bonchev–Trinajstić information content (AvgIpc) is 3.00. The Morgan fingerprint density at radius 1 is 1.33 bits per heavy atom. The Hall–Kier alpha value is -0.830. The molecule has 0 heterocycles. The fourth-order valence-corrected chi connectivity index (χ4v) is 4.14. The van der Waals surface area contributed by atoms with Crippen LogP contribution in [0.25, 0.3) is 0 Å². The number of ether oxygens (including phenoxy) is 1. The summed E-state index contributed by atoms with van der Waals surface area (Å²) in [6.07, 6.45) is 4.96. The van der Waals surface area contributed by atoms with Gasteiger partial charge in [0.05, 0.1) is 11.6 Å². The third kappa shape index (κ3) is 1.99. The standard InChI is InChI=1S/C15H17BrO2/c1-18-14-5-4-11(8-13(14)16)15(17)12-7-9-2-3-10(12)6-9/h4-5,8-10,12H,2-3,6-7H2,1H3. The quantitative estimate of drug-likeness (QED) is 0.787. The minimum absolute atomic E-state index is 0.268. The van der Waals surface area contributed by atoms with Crippen molar-refractivity contribution in [3.05, 3.63) is 28.2 Å². The van der Waals surface area contributed by atoms with Crippen molar-refractivity contribution in [1.29, 1.82) is 0 Å². The molecule has 0 aromatic heterocycles. The summed E-state index contributed by atoms with van der Waals surface area (Å²) in [5.74, 6) is 2.82. The third-order valence-corrected chi connectivity index (χ3v) is 5.13. The van der Waals surface area contributed by atoms with E-state index < -0.39 is 0 Å². The van der Waals surface area contributed by atoms with Crippen LogP contribution in [0.15, 0.2) is 22.7 Å². The SMILES string of the molecule is COc1ccc(C(=O)C2CC3CCC2C3)cc1Br. The van der Waals surface area contributed by atoms with Crippen LogP contribution < -0.4 is 4.74 Å². The van der Waals surface area contributed by atoms with Crippen LogP contribution in [0.3, 0.4) is 0 Å². The molecule has 0 aliphatic heterocycles. The lowest BCUT2D eigenvalue weighted by atomic mass is 9.83. The van der Waals surface area contributed by atoms with Gasteiger partial charge in [0.2, 0.25) is 0 Å². The highest BCUT2D eigenvalue weighted by molar-refractivity contribution is 9.10. The first kappa shape index (κ1) is 12.2. The van der Waals surface area contributed by atoms with Crippen LogP contribution in [0.4, 0.5) is 0 Å². The van der Waals surface area contributed by atoms with E-state index in [2.05, 4.69) is 15.9 Å². The fourth-order valence-electron chi connectivity index (χ4n) is 3.60. The largest absolute Gasteiger partial charge is 0.496 e. The van der Waals surface area contributed by atoms with Gasteiger partial charge >= 0.3 is 0 Å². The van der Waals surface area contributed by atoms with Crippen LogP contribution >= 0.6 is 15.9 Å². The Balaban J connectivity index is 1.82. The first-order chi connectivity index (χ1) is 8.69. The van der Waals surface area contributed by atoms with Crippen LogP contribution in [0.5, 0.6) is 5.75 Å². The maximum atomic E-state index is 12.5. The van der Waals surface area contributed by atoms with Gasteiger partial charge in [-0.3, -0.25) is 4.79 Å². The van der Waals surface area contributed by atoms with Gasteiger partial charge in [-0.1, -0.05) is 6.42 Å². The van der Waals surface area contributed by atoms with E-state index in [-0.39, 0.29) is 5.92 Å². The molecule has 2 aliphatic rings. The van der Waals surface area contributed by atoms with Crippen molar-refractivity contribution in [2.24, 2.45) is 17.8 Å². The zero-order chi connectivity index (χ0) is 12.7. The van der Waals surface area contributed by atoms with E-state index in [1.807, 2.05) is 18.2 Å². The summed E-state index contributed by atoms with van der Waals surface area (Å²) in [7, 11) is 1.64. The number of ketones is 1. The molecule has 3 rings (SSSR count). The highest BCUT2D eigenvalue weighted by Crippen LogP contribution is 2.49. The number of fused-ring (bicyclic) bond motifs is 2. The average molecular weight is 309 g/mol. The van der Waals surface area contributed by atoms with Crippen molar-refractivity contribution in [2.75, 3.05) is 7.11 Å². The van der Waals surface area contributed by atoms with Crippen LogP contribution in [0.2, 0.25) is 0 Å². The second-order valence-electron chi connectivity index (χ2n) is 5.49. The van der Waals surface area contributed by atoms with E-state index >= 15 is 0 Å². The van der Waals surface area contributed by atoms with Crippen LogP contribution in [-0.4, -0.2) is 12.9 Å². The van der Waals surface area contributed by atoms with Crippen LogP contribution in [0.1, 0.15) is 36.0 Å². The van der Waals surface area contributed by atoms with E-state index in [0.717, 1.165) is 28.1 Å². The predicted octanol–water partition coefficient (Wildman–Crippen LogP) is 4.08. The fraction of sp³-hybridized carbons (Fsp3) is 0.533. The molecule has 0 N–H and O–H groups in total. The minimum atomic E-state index is 0.268. The molecule has 0 amide bonds. The Labute approximate surface area is 116 Å². The molecule has 2 aliphatic carbocycles. The normalized spacial score (nSPS) is 29.6. The van der Waals surface area contributed by atoms with Gasteiger partial charge in [0.15, 0.2) is 5.78 Å². The Kier molecular flexibility index (Phi) is 3.18. The maximum absolute atomic E-state index is 12.5. The van der Waals surface area contributed by atoms with E-state index in [1.54, 1.807) is 7.11 Å². The van der Waals surface area contributed by atoms with E-state index in [0.29, 0.717) is 11.7 Å². The monoisotopic (exact) mass is 308 g/mol. The summed E-state index contributed by atoms with van der Waals surface area (Å²) in [5, 5.41) is 0. The summed E-state index contributed by atoms with van der Waals surface area (Å²) >= 11 is 3.45. The van der Waals surface area contributed by atoms with Gasteiger partial charge in [0.25, 0.3) is 0 Å². The topological polar surface area (TPSA) is 26.3 Å². The molecule has 96 valence electrons. The van der Waals surface area contributed by atoms with Gasteiger partial charge < -0.3 is 4.74 Å². The van der Waals surface area contributed by atoms with E-state index in [1.165, 1.54) is 19.3 Å². The van der Waals surface area contributed by atoms with Crippen LogP contribution in [-0.2, 0) is 0 Å². The molecule has 2 fully saturated rings. The van der Waals surface area contributed by atoms with Crippen molar-refractivity contribution in [2.45, 2.75) is 25.7 Å². The number of rotatable bonds is 3. The maximum Gasteiger partial charge on any atom is 0.166 e.